The van der Waals surface area contributed by atoms with Crippen LogP contribution in [-0.2, 0) is 19.6 Å². The third kappa shape index (κ3) is 3.44. The molecule has 0 bridgehead atoms. The number of benzene rings is 1. The highest BCUT2D eigenvalue weighted by Gasteiger charge is 2.37. The highest BCUT2D eigenvalue weighted by atomic mass is 32.2. The van der Waals surface area contributed by atoms with Gasteiger partial charge in [-0.05, 0) is 51.3 Å². The topological polar surface area (TPSA) is 114 Å². The molecule has 1 aromatic carbocycles. The van der Waals surface area contributed by atoms with E-state index in [0.29, 0.717) is 29.4 Å². The van der Waals surface area contributed by atoms with Crippen molar-refractivity contribution in [2.24, 2.45) is 0 Å². The van der Waals surface area contributed by atoms with Crippen LogP contribution in [0.1, 0.15) is 42.3 Å². The Kier molecular flexibility index (Phi) is 5.25. The second-order valence-electron chi connectivity index (χ2n) is 6.40. The summed E-state index contributed by atoms with van der Waals surface area (Å²) in [4.78, 5) is 23.4. The van der Waals surface area contributed by atoms with Crippen LogP contribution in [0.5, 0.6) is 0 Å². The number of piperidine rings is 1. The zero-order chi connectivity index (χ0) is 19.8. The third-order valence-corrected chi connectivity index (χ3v) is 6.62. The zero-order valence-corrected chi connectivity index (χ0v) is 15.9. The molecule has 1 atom stereocenters. The first-order chi connectivity index (χ1) is 12.8. The second kappa shape index (κ2) is 7.32. The summed E-state index contributed by atoms with van der Waals surface area (Å²) >= 11 is 0. The number of carboxylic acid groups (broad SMARTS) is 1. The number of hydrogen-bond acceptors (Lipinski definition) is 6. The molecule has 0 amide bonds. The van der Waals surface area contributed by atoms with Gasteiger partial charge in [0.25, 0.3) is 0 Å². The van der Waals surface area contributed by atoms with Gasteiger partial charge in [-0.2, -0.15) is 4.31 Å². The molecule has 1 aliphatic heterocycles. The Balaban J connectivity index is 2.04. The van der Waals surface area contributed by atoms with Gasteiger partial charge in [0.1, 0.15) is 11.6 Å². The van der Waals surface area contributed by atoms with E-state index in [-0.39, 0.29) is 30.2 Å². The number of carbonyl (C=O) groups excluding carboxylic acids is 1. The Bertz CT molecular complexity index is 993. The number of aliphatic carboxylic acids is 1. The van der Waals surface area contributed by atoms with Crippen LogP contribution in [0.2, 0.25) is 0 Å². The lowest BCUT2D eigenvalue weighted by Crippen LogP contribution is -2.47. The first-order valence-electron chi connectivity index (χ1n) is 8.72. The molecule has 0 radical (unpaired) electrons. The Morgan fingerprint density at radius 2 is 2.07 bits per heavy atom. The van der Waals surface area contributed by atoms with Crippen LogP contribution in [0, 0.1) is 6.92 Å². The van der Waals surface area contributed by atoms with Crippen molar-refractivity contribution in [2.75, 3.05) is 13.2 Å². The zero-order valence-electron chi connectivity index (χ0n) is 15.1. The lowest BCUT2D eigenvalue weighted by Gasteiger charge is -2.31. The molecule has 9 heteroatoms. The second-order valence-corrected chi connectivity index (χ2v) is 8.29. The molecule has 8 nitrogen and oxygen atoms in total. The normalized spacial score (nSPS) is 18.5. The van der Waals surface area contributed by atoms with Crippen LogP contribution in [0.25, 0.3) is 11.0 Å². The summed E-state index contributed by atoms with van der Waals surface area (Å²) in [5, 5.41) is 9.85. The lowest BCUT2D eigenvalue weighted by atomic mass is 10.1. The van der Waals surface area contributed by atoms with E-state index in [9.17, 15) is 23.1 Å². The predicted molar refractivity (Wildman–Crippen MR) is 96.1 cm³/mol. The molecule has 0 aliphatic carbocycles. The molecule has 1 aromatic heterocycles. The molecule has 146 valence electrons. The van der Waals surface area contributed by atoms with Crippen molar-refractivity contribution >= 4 is 32.9 Å². The van der Waals surface area contributed by atoms with Crippen LogP contribution in [0.3, 0.4) is 0 Å². The van der Waals surface area contributed by atoms with E-state index < -0.39 is 28.0 Å². The Labute approximate surface area is 156 Å². The number of aryl methyl sites for hydroxylation is 1. The molecule has 1 unspecified atom stereocenters. The third-order valence-electron chi connectivity index (χ3n) is 4.71. The van der Waals surface area contributed by atoms with Crippen LogP contribution >= 0.6 is 0 Å². The van der Waals surface area contributed by atoms with E-state index >= 15 is 0 Å². The number of esters is 1. The molecule has 1 saturated heterocycles. The van der Waals surface area contributed by atoms with Crippen LogP contribution < -0.4 is 0 Å². The monoisotopic (exact) mass is 395 g/mol. The van der Waals surface area contributed by atoms with E-state index in [0.717, 1.165) is 4.31 Å². The van der Waals surface area contributed by atoms with Gasteiger partial charge in [0.15, 0.2) is 0 Å². The van der Waals surface area contributed by atoms with Crippen molar-refractivity contribution in [1.82, 2.24) is 4.31 Å². The van der Waals surface area contributed by atoms with Gasteiger partial charge in [-0.3, -0.25) is 4.79 Å². The molecule has 1 aliphatic rings. The lowest BCUT2D eigenvalue weighted by molar-refractivity contribution is -0.142. The van der Waals surface area contributed by atoms with E-state index in [2.05, 4.69) is 0 Å². The number of hydrogen-bond donors (Lipinski definition) is 1. The smallest absolute Gasteiger partial charge is 0.374 e. The standard InChI is InChI=1S/C18H21NO7S/c1-3-25-18(22)16-11(2)13-10-12(7-8-15(13)26-16)27(23,24)19-9-5-4-6-14(19)17(20)21/h7-8,10,14H,3-6,9H2,1-2H3,(H,20,21). The maximum atomic E-state index is 13.0. The molecular weight excluding hydrogens is 374 g/mol. The van der Waals surface area contributed by atoms with Gasteiger partial charge in [0.2, 0.25) is 15.8 Å². The summed E-state index contributed by atoms with van der Waals surface area (Å²) in [6.45, 7) is 3.68. The summed E-state index contributed by atoms with van der Waals surface area (Å²) in [5.74, 6) is -1.73. The van der Waals surface area contributed by atoms with Crippen LogP contribution in [0.15, 0.2) is 27.5 Å². The molecule has 2 heterocycles. The number of carboxylic acids is 1. The van der Waals surface area contributed by atoms with Gasteiger partial charge in [0.05, 0.1) is 11.5 Å². The van der Waals surface area contributed by atoms with Gasteiger partial charge in [-0.25, -0.2) is 13.2 Å². The highest BCUT2D eigenvalue weighted by Crippen LogP contribution is 2.31. The number of carbonyl (C=O) groups is 2. The van der Waals surface area contributed by atoms with Crippen molar-refractivity contribution < 1.29 is 32.3 Å². The van der Waals surface area contributed by atoms with E-state index in [4.69, 9.17) is 9.15 Å². The summed E-state index contributed by atoms with van der Waals surface area (Å²) in [5.41, 5.74) is 0.844. The first-order valence-corrected chi connectivity index (χ1v) is 10.2. The average Bonchev–Trinajstić information content (AvgIpc) is 2.98. The van der Waals surface area contributed by atoms with Crippen molar-refractivity contribution in [3.8, 4) is 0 Å². The van der Waals surface area contributed by atoms with Crippen molar-refractivity contribution in [3.05, 3.63) is 29.5 Å². The molecule has 0 saturated carbocycles. The van der Waals surface area contributed by atoms with Crippen molar-refractivity contribution in [2.45, 2.75) is 44.0 Å². The van der Waals surface area contributed by atoms with Crippen molar-refractivity contribution in [3.63, 3.8) is 0 Å². The summed E-state index contributed by atoms with van der Waals surface area (Å²) < 4.78 is 37.6. The maximum Gasteiger partial charge on any atom is 0.374 e. The number of sulfonamides is 1. The summed E-state index contributed by atoms with van der Waals surface area (Å²) in [6.07, 6.45) is 1.57. The average molecular weight is 395 g/mol. The van der Waals surface area contributed by atoms with Crippen molar-refractivity contribution in [1.29, 1.82) is 0 Å². The number of furan rings is 1. The number of nitrogens with zero attached hydrogens (tertiary/aromatic N) is 1. The van der Waals surface area contributed by atoms with Crippen LogP contribution in [0.4, 0.5) is 0 Å². The van der Waals surface area contributed by atoms with Crippen LogP contribution in [-0.4, -0.2) is 49.0 Å². The Morgan fingerprint density at radius 1 is 1.33 bits per heavy atom. The number of rotatable bonds is 5. The minimum Gasteiger partial charge on any atom is -0.480 e. The Morgan fingerprint density at radius 3 is 2.74 bits per heavy atom. The SMILES string of the molecule is CCOC(=O)c1oc2ccc(S(=O)(=O)N3CCCCC3C(=O)O)cc2c1C. The number of fused-ring (bicyclic) bond motifs is 1. The van der Waals surface area contributed by atoms with E-state index in [1.165, 1.54) is 18.2 Å². The number of ether oxygens (including phenoxy) is 1. The van der Waals surface area contributed by atoms with Gasteiger partial charge in [-0.1, -0.05) is 0 Å². The van der Waals surface area contributed by atoms with Gasteiger partial charge < -0.3 is 14.3 Å². The first kappa shape index (κ1) is 19.4. The molecule has 1 fully saturated rings. The fourth-order valence-electron chi connectivity index (χ4n) is 3.33. The molecule has 2 aromatic rings. The highest BCUT2D eigenvalue weighted by molar-refractivity contribution is 7.89. The molecule has 3 rings (SSSR count). The summed E-state index contributed by atoms with van der Waals surface area (Å²) in [7, 11) is -3.99. The quantitative estimate of drug-likeness (QED) is 0.774. The minimum atomic E-state index is -3.99. The molecule has 1 N–H and O–H groups in total. The van der Waals surface area contributed by atoms with Gasteiger partial charge in [-0.15, -0.1) is 0 Å². The Hall–Kier alpha value is -2.39. The molecule has 0 spiro atoms. The predicted octanol–water partition coefficient (Wildman–Crippen LogP) is 2.55. The van der Waals surface area contributed by atoms with E-state index in [1.807, 2.05) is 0 Å². The van der Waals surface area contributed by atoms with Gasteiger partial charge in [0, 0.05) is 17.5 Å². The summed E-state index contributed by atoms with van der Waals surface area (Å²) in [6, 6.07) is 3.18. The largest absolute Gasteiger partial charge is 0.480 e. The fourth-order valence-corrected chi connectivity index (χ4v) is 5.00. The molecular formula is C18H21NO7S. The minimum absolute atomic E-state index is 0.0255. The molecule has 27 heavy (non-hydrogen) atoms. The van der Waals surface area contributed by atoms with Gasteiger partial charge >= 0.3 is 11.9 Å². The fraction of sp³-hybridized carbons (Fsp3) is 0.444. The van der Waals surface area contributed by atoms with E-state index in [1.54, 1.807) is 13.8 Å². The maximum absolute atomic E-state index is 13.0.